The predicted octanol–water partition coefficient (Wildman–Crippen LogP) is 2.35. The van der Waals surface area contributed by atoms with Gasteiger partial charge in [-0.15, -0.1) is 0 Å². The minimum atomic E-state index is -0.640. The van der Waals surface area contributed by atoms with Gasteiger partial charge in [0.1, 0.15) is 5.82 Å². The molecule has 19 heavy (non-hydrogen) atoms. The zero-order valence-corrected chi connectivity index (χ0v) is 10.8. The highest BCUT2D eigenvalue weighted by Crippen LogP contribution is 2.12. The Morgan fingerprint density at radius 3 is 2.58 bits per heavy atom. The van der Waals surface area contributed by atoms with Gasteiger partial charge in [-0.25, -0.2) is 4.39 Å². The summed E-state index contributed by atoms with van der Waals surface area (Å²) in [6.45, 7) is 3.00. The molecule has 1 atom stereocenters. The van der Waals surface area contributed by atoms with E-state index in [1.165, 1.54) is 12.1 Å². The van der Waals surface area contributed by atoms with E-state index >= 15 is 0 Å². The number of aromatic nitrogens is 1. The Balaban J connectivity index is 1.82. The van der Waals surface area contributed by atoms with Crippen molar-refractivity contribution >= 4 is 0 Å². The highest BCUT2D eigenvalue weighted by molar-refractivity contribution is 5.19. The smallest absolute Gasteiger partial charge is 0.123 e. The van der Waals surface area contributed by atoms with Crippen LogP contribution in [0.2, 0.25) is 0 Å². The second kappa shape index (κ2) is 6.41. The number of halogens is 1. The molecule has 0 bridgehead atoms. The molecule has 4 heteroatoms. The van der Waals surface area contributed by atoms with E-state index in [0.29, 0.717) is 18.7 Å². The van der Waals surface area contributed by atoms with Crippen molar-refractivity contribution in [2.45, 2.75) is 19.6 Å². The summed E-state index contributed by atoms with van der Waals surface area (Å²) >= 11 is 0. The molecule has 2 aromatic rings. The molecule has 100 valence electrons. The summed E-state index contributed by atoms with van der Waals surface area (Å²) in [7, 11) is 0. The fourth-order valence-corrected chi connectivity index (χ4v) is 1.76. The molecule has 0 aliphatic rings. The number of pyridine rings is 1. The van der Waals surface area contributed by atoms with E-state index in [9.17, 15) is 9.50 Å². The van der Waals surface area contributed by atoms with Crippen molar-refractivity contribution in [2.24, 2.45) is 0 Å². The van der Waals surface area contributed by atoms with Crippen molar-refractivity contribution in [1.82, 2.24) is 10.3 Å². The van der Waals surface area contributed by atoms with Crippen molar-refractivity contribution in [2.75, 3.05) is 6.54 Å². The summed E-state index contributed by atoms with van der Waals surface area (Å²) in [4.78, 5) is 4.20. The molecule has 0 amide bonds. The number of aliphatic hydroxyl groups is 1. The van der Waals surface area contributed by atoms with Crippen molar-refractivity contribution < 1.29 is 9.50 Å². The van der Waals surface area contributed by atoms with Gasteiger partial charge in [0.25, 0.3) is 0 Å². The first-order valence-corrected chi connectivity index (χ1v) is 6.21. The zero-order valence-electron chi connectivity index (χ0n) is 10.8. The molecular formula is C15H17FN2O. The van der Waals surface area contributed by atoms with E-state index < -0.39 is 6.10 Å². The fraction of sp³-hybridized carbons (Fsp3) is 0.267. The normalized spacial score (nSPS) is 12.4. The van der Waals surface area contributed by atoms with Crippen LogP contribution in [0.3, 0.4) is 0 Å². The van der Waals surface area contributed by atoms with Crippen molar-refractivity contribution in [3.8, 4) is 0 Å². The summed E-state index contributed by atoms with van der Waals surface area (Å²) in [5.74, 6) is -0.297. The molecule has 1 aromatic heterocycles. The number of benzene rings is 1. The third kappa shape index (κ3) is 4.12. The molecular weight excluding hydrogens is 243 g/mol. The Morgan fingerprint density at radius 1 is 1.21 bits per heavy atom. The Kier molecular flexibility index (Phi) is 4.60. The van der Waals surface area contributed by atoms with Crippen LogP contribution < -0.4 is 5.32 Å². The van der Waals surface area contributed by atoms with E-state index in [1.807, 2.05) is 25.3 Å². The fourth-order valence-electron chi connectivity index (χ4n) is 1.76. The highest BCUT2D eigenvalue weighted by Gasteiger charge is 2.06. The first-order chi connectivity index (χ1) is 9.15. The van der Waals surface area contributed by atoms with Crippen LogP contribution in [0.4, 0.5) is 4.39 Å². The number of rotatable bonds is 5. The van der Waals surface area contributed by atoms with Gasteiger partial charge in [0.05, 0.1) is 6.10 Å². The van der Waals surface area contributed by atoms with Crippen molar-refractivity contribution in [1.29, 1.82) is 0 Å². The number of nitrogens with one attached hydrogen (secondary N) is 1. The van der Waals surface area contributed by atoms with Gasteiger partial charge in [-0.05, 0) is 36.2 Å². The van der Waals surface area contributed by atoms with Crippen LogP contribution in [0.5, 0.6) is 0 Å². The second-order valence-corrected chi connectivity index (χ2v) is 4.51. The first kappa shape index (κ1) is 13.6. The van der Waals surface area contributed by atoms with Crippen molar-refractivity contribution in [3.05, 3.63) is 65.2 Å². The van der Waals surface area contributed by atoms with E-state index in [-0.39, 0.29) is 5.82 Å². The summed E-state index contributed by atoms with van der Waals surface area (Å²) < 4.78 is 12.8. The molecule has 0 aliphatic carbocycles. The number of hydrogen-bond donors (Lipinski definition) is 2. The molecule has 0 aliphatic heterocycles. The maximum atomic E-state index is 12.8. The standard InChI is InChI=1S/C15H17FN2O/c1-11-2-3-12(9-18-11)8-17-10-15(19)13-4-6-14(16)7-5-13/h2-7,9,15,17,19H,8,10H2,1H3. The molecule has 0 saturated heterocycles. The van der Waals surface area contributed by atoms with Crippen LogP contribution in [-0.2, 0) is 6.54 Å². The lowest BCUT2D eigenvalue weighted by atomic mass is 10.1. The minimum Gasteiger partial charge on any atom is -0.387 e. The van der Waals surface area contributed by atoms with E-state index in [4.69, 9.17) is 0 Å². The molecule has 1 heterocycles. The number of hydrogen-bond acceptors (Lipinski definition) is 3. The number of aryl methyl sites for hydroxylation is 1. The molecule has 0 saturated carbocycles. The quantitative estimate of drug-likeness (QED) is 0.867. The third-order valence-corrected chi connectivity index (χ3v) is 2.89. The van der Waals surface area contributed by atoms with Gasteiger partial charge < -0.3 is 10.4 Å². The lowest BCUT2D eigenvalue weighted by Crippen LogP contribution is -2.21. The Bertz CT molecular complexity index is 511. The van der Waals surface area contributed by atoms with Gasteiger partial charge in [0.15, 0.2) is 0 Å². The van der Waals surface area contributed by atoms with Gasteiger partial charge in [-0.3, -0.25) is 4.98 Å². The van der Waals surface area contributed by atoms with Crippen LogP contribution in [0.25, 0.3) is 0 Å². The number of nitrogens with zero attached hydrogens (tertiary/aromatic N) is 1. The summed E-state index contributed by atoms with van der Waals surface area (Å²) in [5, 5.41) is 13.1. The molecule has 1 unspecified atom stereocenters. The largest absolute Gasteiger partial charge is 0.387 e. The molecule has 0 fully saturated rings. The van der Waals surface area contributed by atoms with Gasteiger partial charge >= 0.3 is 0 Å². The SMILES string of the molecule is Cc1ccc(CNCC(O)c2ccc(F)cc2)cn1. The predicted molar refractivity (Wildman–Crippen MR) is 72.0 cm³/mol. The Hall–Kier alpha value is -1.78. The summed E-state index contributed by atoms with van der Waals surface area (Å²) in [6, 6.07) is 9.84. The average molecular weight is 260 g/mol. The molecule has 2 rings (SSSR count). The Labute approximate surface area is 112 Å². The molecule has 2 N–H and O–H groups in total. The summed E-state index contributed by atoms with van der Waals surface area (Å²) in [6.07, 6.45) is 1.17. The first-order valence-electron chi connectivity index (χ1n) is 6.21. The van der Waals surface area contributed by atoms with Crippen LogP contribution in [0.15, 0.2) is 42.6 Å². The maximum absolute atomic E-state index is 12.8. The topological polar surface area (TPSA) is 45.1 Å². The monoisotopic (exact) mass is 260 g/mol. The van der Waals surface area contributed by atoms with Gasteiger partial charge in [0, 0.05) is 25.0 Å². The van der Waals surface area contributed by atoms with E-state index in [0.717, 1.165) is 11.3 Å². The van der Waals surface area contributed by atoms with E-state index in [2.05, 4.69) is 10.3 Å². The minimum absolute atomic E-state index is 0.297. The Morgan fingerprint density at radius 2 is 1.95 bits per heavy atom. The van der Waals surface area contributed by atoms with Gasteiger partial charge in [-0.1, -0.05) is 18.2 Å². The third-order valence-electron chi connectivity index (χ3n) is 2.89. The molecule has 1 aromatic carbocycles. The van der Waals surface area contributed by atoms with Crippen molar-refractivity contribution in [3.63, 3.8) is 0 Å². The molecule has 0 spiro atoms. The van der Waals surface area contributed by atoms with Gasteiger partial charge in [-0.2, -0.15) is 0 Å². The van der Waals surface area contributed by atoms with Crippen LogP contribution in [0.1, 0.15) is 22.9 Å². The van der Waals surface area contributed by atoms with Crippen LogP contribution in [-0.4, -0.2) is 16.6 Å². The summed E-state index contributed by atoms with van der Waals surface area (Å²) in [5.41, 5.74) is 2.75. The maximum Gasteiger partial charge on any atom is 0.123 e. The van der Waals surface area contributed by atoms with Crippen LogP contribution in [0, 0.1) is 12.7 Å². The van der Waals surface area contributed by atoms with E-state index in [1.54, 1.807) is 12.1 Å². The second-order valence-electron chi connectivity index (χ2n) is 4.51. The molecule has 0 radical (unpaired) electrons. The lowest BCUT2D eigenvalue weighted by Gasteiger charge is -2.12. The zero-order chi connectivity index (χ0) is 13.7. The highest BCUT2D eigenvalue weighted by atomic mass is 19.1. The van der Waals surface area contributed by atoms with Gasteiger partial charge in [0.2, 0.25) is 0 Å². The number of aliphatic hydroxyl groups excluding tert-OH is 1. The lowest BCUT2D eigenvalue weighted by molar-refractivity contribution is 0.174. The molecule has 3 nitrogen and oxygen atoms in total. The van der Waals surface area contributed by atoms with Crippen LogP contribution >= 0.6 is 0 Å². The average Bonchev–Trinajstić information content (AvgIpc) is 2.41.